The first-order valence-corrected chi connectivity index (χ1v) is 6.30. The van der Waals surface area contributed by atoms with E-state index in [1.165, 1.54) is 12.1 Å². The van der Waals surface area contributed by atoms with E-state index in [1.807, 2.05) is 0 Å². The van der Waals surface area contributed by atoms with E-state index in [0.29, 0.717) is 17.1 Å². The molecule has 1 aromatic heterocycles. The Morgan fingerprint density at radius 2 is 2.00 bits per heavy atom. The molecule has 106 valence electrons. The van der Waals surface area contributed by atoms with Crippen LogP contribution in [0.15, 0.2) is 40.8 Å². The molecule has 0 bridgehead atoms. The van der Waals surface area contributed by atoms with Crippen molar-refractivity contribution in [2.75, 3.05) is 6.54 Å². The van der Waals surface area contributed by atoms with Crippen molar-refractivity contribution in [1.82, 2.24) is 5.32 Å². The molecular formula is C15H16FNO3. The van der Waals surface area contributed by atoms with Crippen molar-refractivity contribution in [2.45, 2.75) is 19.4 Å². The van der Waals surface area contributed by atoms with Crippen molar-refractivity contribution in [3.8, 4) is 0 Å². The minimum absolute atomic E-state index is 0.0764. The SMILES string of the molecule is Cc1ccc([C@@H](O)CNC(=O)Cc2ccc(F)cc2)o1. The molecule has 5 heteroatoms. The van der Waals surface area contributed by atoms with Gasteiger partial charge in [-0.3, -0.25) is 4.79 Å². The van der Waals surface area contributed by atoms with E-state index in [4.69, 9.17) is 4.42 Å². The second-order valence-electron chi connectivity index (χ2n) is 4.57. The van der Waals surface area contributed by atoms with Crippen molar-refractivity contribution in [2.24, 2.45) is 0 Å². The molecule has 0 aliphatic heterocycles. The molecule has 1 aromatic carbocycles. The lowest BCUT2D eigenvalue weighted by Gasteiger charge is -2.09. The number of carbonyl (C=O) groups excluding carboxylic acids is 1. The number of aliphatic hydroxyl groups is 1. The van der Waals surface area contributed by atoms with Gasteiger partial charge in [0.2, 0.25) is 5.91 Å². The molecule has 2 N–H and O–H groups in total. The van der Waals surface area contributed by atoms with Crippen molar-refractivity contribution in [1.29, 1.82) is 0 Å². The maximum absolute atomic E-state index is 12.7. The third kappa shape index (κ3) is 3.93. The molecule has 1 amide bonds. The third-order valence-electron chi connectivity index (χ3n) is 2.86. The second-order valence-corrected chi connectivity index (χ2v) is 4.57. The zero-order chi connectivity index (χ0) is 14.5. The van der Waals surface area contributed by atoms with Gasteiger partial charge in [-0.05, 0) is 36.8 Å². The number of nitrogens with one attached hydrogen (secondary N) is 1. The summed E-state index contributed by atoms with van der Waals surface area (Å²) in [5.74, 6) is 0.554. The predicted molar refractivity (Wildman–Crippen MR) is 71.5 cm³/mol. The summed E-state index contributed by atoms with van der Waals surface area (Å²) in [6.45, 7) is 1.86. The molecule has 4 nitrogen and oxygen atoms in total. The van der Waals surface area contributed by atoms with Gasteiger partial charge in [-0.25, -0.2) is 4.39 Å². The highest BCUT2D eigenvalue weighted by atomic mass is 19.1. The Morgan fingerprint density at radius 1 is 1.30 bits per heavy atom. The van der Waals surface area contributed by atoms with Gasteiger partial charge >= 0.3 is 0 Å². The van der Waals surface area contributed by atoms with Crippen LogP contribution in [0.3, 0.4) is 0 Å². The van der Waals surface area contributed by atoms with Crippen LogP contribution in [-0.2, 0) is 11.2 Å². The first kappa shape index (κ1) is 14.3. The van der Waals surface area contributed by atoms with Crippen LogP contribution in [-0.4, -0.2) is 17.6 Å². The Morgan fingerprint density at radius 3 is 2.60 bits per heavy atom. The lowest BCUT2D eigenvalue weighted by molar-refractivity contribution is -0.120. The summed E-state index contributed by atoms with van der Waals surface area (Å²) >= 11 is 0. The largest absolute Gasteiger partial charge is 0.464 e. The average Bonchev–Trinajstić information content (AvgIpc) is 2.85. The highest BCUT2D eigenvalue weighted by Gasteiger charge is 2.13. The van der Waals surface area contributed by atoms with E-state index in [9.17, 15) is 14.3 Å². The van der Waals surface area contributed by atoms with Gasteiger partial charge in [0.25, 0.3) is 0 Å². The third-order valence-corrected chi connectivity index (χ3v) is 2.86. The summed E-state index contributed by atoms with van der Waals surface area (Å²) < 4.78 is 18.0. The molecule has 0 aliphatic rings. The average molecular weight is 277 g/mol. The Bertz CT molecular complexity index is 577. The number of carbonyl (C=O) groups is 1. The number of halogens is 1. The number of furan rings is 1. The van der Waals surface area contributed by atoms with Gasteiger partial charge in [0, 0.05) is 0 Å². The van der Waals surface area contributed by atoms with Gasteiger partial charge in [-0.1, -0.05) is 12.1 Å². The van der Waals surface area contributed by atoms with Gasteiger partial charge < -0.3 is 14.8 Å². The number of amides is 1. The summed E-state index contributed by atoms with van der Waals surface area (Å²) in [6, 6.07) is 9.15. The van der Waals surface area contributed by atoms with Crippen LogP contribution < -0.4 is 5.32 Å². The fraction of sp³-hybridized carbons (Fsp3) is 0.267. The number of aliphatic hydroxyl groups excluding tert-OH is 1. The number of hydrogen-bond acceptors (Lipinski definition) is 3. The lowest BCUT2D eigenvalue weighted by atomic mass is 10.1. The quantitative estimate of drug-likeness (QED) is 0.880. The highest BCUT2D eigenvalue weighted by Crippen LogP contribution is 2.15. The van der Waals surface area contributed by atoms with E-state index >= 15 is 0 Å². The topological polar surface area (TPSA) is 62.5 Å². The maximum Gasteiger partial charge on any atom is 0.224 e. The van der Waals surface area contributed by atoms with Crippen LogP contribution in [0, 0.1) is 12.7 Å². The Labute approximate surface area is 116 Å². The molecule has 2 aromatic rings. The zero-order valence-corrected chi connectivity index (χ0v) is 11.1. The van der Waals surface area contributed by atoms with E-state index in [2.05, 4.69) is 5.32 Å². The van der Waals surface area contributed by atoms with Crippen molar-refractivity contribution < 1.29 is 18.7 Å². The van der Waals surface area contributed by atoms with Crippen LogP contribution in [0.1, 0.15) is 23.2 Å². The molecule has 0 unspecified atom stereocenters. The number of hydrogen-bond donors (Lipinski definition) is 2. The normalized spacial score (nSPS) is 12.2. The van der Waals surface area contributed by atoms with Crippen LogP contribution in [0.5, 0.6) is 0 Å². The molecule has 0 fully saturated rings. The van der Waals surface area contributed by atoms with E-state index in [0.717, 1.165) is 0 Å². The van der Waals surface area contributed by atoms with Gasteiger partial charge in [-0.2, -0.15) is 0 Å². The van der Waals surface area contributed by atoms with Gasteiger partial charge in [0.1, 0.15) is 23.4 Å². The summed E-state index contributed by atoms with van der Waals surface area (Å²) in [5, 5.41) is 12.4. The lowest BCUT2D eigenvalue weighted by Crippen LogP contribution is -2.29. The predicted octanol–water partition coefficient (Wildman–Crippen LogP) is 2.12. The smallest absolute Gasteiger partial charge is 0.224 e. The summed E-state index contributed by atoms with van der Waals surface area (Å²) in [6.07, 6.45) is -0.731. The fourth-order valence-corrected chi connectivity index (χ4v) is 1.79. The molecule has 0 spiro atoms. The summed E-state index contributed by atoms with van der Waals surface area (Å²) in [5.41, 5.74) is 0.715. The molecule has 0 saturated heterocycles. The summed E-state index contributed by atoms with van der Waals surface area (Å²) in [4.78, 5) is 11.7. The van der Waals surface area contributed by atoms with Crippen molar-refractivity contribution >= 4 is 5.91 Å². The Balaban J connectivity index is 1.81. The van der Waals surface area contributed by atoms with Crippen LogP contribution in [0.2, 0.25) is 0 Å². The second kappa shape index (κ2) is 6.34. The first-order chi connectivity index (χ1) is 9.54. The maximum atomic E-state index is 12.7. The van der Waals surface area contributed by atoms with E-state index < -0.39 is 6.10 Å². The minimum Gasteiger partial charge on any atom is -0.464 e. The van der Waals surface area contributed by atoms with Crippen molar-refractivity contribution in [3.63, 3.8) is 0 Å². The van der Waals surface area contributed by atoms with Gasteiger partial charge in [0.05, 0.1) is 13.0 Å². The van der Waals surface area contributed by atoms with Crippen LogP contribution >= 0.6 is 0 Å². The molecule has 1 heterocycles. The standard InChI is InChI=1S/C15H16FNO3/c1-10-2-7-14(20-10)13(18)9-17-15(19)8-11-3-5-12(16)6-4-11/h2-7,13,18H,8-9H2,1H3,(H,17,19)/t13-/m0/s1. The fourth-order valence-electron chi connectivity index (χ4n) is 1.79. The van der Waals surface area contributed by atoms with Crippen LogP contribution in [0.4, 0.5) is 4.39 Å². The van der Waals surface area contributed by atoms with Gasteiger partial charge in [-0.15, -0.1) is 0 Å². The molecule has 2 rings (SSSR count). The molecular weight excluding hydrogens is 261 g/mol. The molecule has 0 saturated carbocycles. The summed E-state index contributed by atoms with van der Waals surface area (Å²) in [7, 11) is 0. The highest BCUT2D eigenvalue weighted by molar-refractivity contribution is 5.78. The van der Waals surface area contributed by atoms with Gasteiger partial charge in [0.15, 0.2) is 0 Å². The Kier molecular flexibility index (Phi) is 4.53. The minimum atomic E-state index is -0.874. The van der Waals surface area contributed by atoms with E-state index in [1.54, 1.807) is 31.2 Å². The number of aryl methyl sites for hydroxylation is 1. The molecule has 0 radical (unpaired) electrons. The molecule has 1 atom stereocenters. The first-order valence-electron chi connectivity index (χ1n) is 6.30. The zero-order valence-electron chi connectivity index (χ0n) is 11.1. The molecule has 20 heavy (non-hydrogen) atoms. The Hall–Kier alpha value is -2.14. The monoisotopic (exact) mass is 277 g/mol. The number of benzene rings is 1. The molecule has 0 aliphatic carbocycles. The van der Waals surface area contributed by atoms with E-state index in [-0.39, 0.29) is 24.7 Å². The number of rotatable bonds is 5. The van der Waals surface area contributed by atoms with Crippen molar-refractivity contribution in [3.05, 3.63) is 59.3 Å². The van der Waals surface area contributed by atoms with Crippen LogP contribution in [0.25, 0.3) is 0 Å².